The molecule has 0 saturated carbocycles. The normalized spacial score (nSPS) is 11.4. The highest BCUT2D eigenvalue weighted by atomic mass is 35.5. The molecule has 2 aromatic heterocycles. The van der Waals surface area contributed by atoms with E-state index in [1.54, 1.807) is 6.33 Å². The largest absolute Gasteiger partial charge is 0.368 e. The van der Waals surface area contributed by atoms with Crippen molar-refractivity contribution in [2.45, 2.75) is 39.0 Å². The Labute approximate surface area is 135 Å². The van der Waals surface area contributed by atoms with Gasteiger partial charge in [-0.2, -0.15) is 0 Å². The number of nitrogens with zero attached hydrogens (tertiary/aromatic N) is 2. The number of aromatic amines is 1. The van der Waals surface area contributed by atoms with E-state index in [-0.39, 0.29) is 0 Å². The van der Waals surface area contributed by atoms with Crippen LogP contribution in [0.4, 0.5) is 5.82 Å². The summed E-state index contributed by atoms with van der Waals surface area (Å²) in [6.45, 7) is 3.17. The van der Waals surface area contributed by atoms with Crippen LogP contribution in [0, 0.1) is 0 Å². The highest BCUT2D eigenvalue weighted by Crippen LogP contribution is 2.29. The van der Waals surface area contributed by atoms with E-state index in [1.807, 2.05) is 18.2 Å². The highest BCUT2D eigenvalue weighted by molar-refractivity contribution is 6.31. The van der Waals surface area contributed by atoms with Gasteiger partial charge in [0.1, 0.15) is 17.4 Å². The number of hydrogen-bond donors (Lipinski definition) is 2. The summed E-state index contributed by atoms with van der Waals surface area (Å²) in [6, 6.07) is 5.80. The van der Waals surface area contributed by atoms with E-state index in [4.69, 9.17) is 11.6 Å². The van der Waals surface area contributed by atoms with Gasteiger partial charge in [0.15, 0.2) is 5.82 Å². The molecule has 0 aliphatic heterocycles. The third-order valence-corrected chi connectivity index (χ3v) is 4.15. The Morgan fingerprint density at radius 3 is 2.86 bits per heavy atom. The number of rotatable bonds is 7. The van der Waals surface area contributed by atoms with E-state index in [0.717, 1.165) is 45.7 Å². The van der Waals surface area contributed by atoms with Crippen molar-refractivity contribution in [3.05, 3.63) is 29.5 Å². The zero-order valence-electron chi connectivity index (χ0n) is 12.8. The van der Waals surface area contributed by atoms with Crippen molar-refractivity contribution < 1.29 is 0 Å². The minimum Gasteiger partial charge on any atom is -0.368 e. The lowest BCUT2D eigenvalue weighted by atomic mass is 10.1. The van der Waals surface area contributed by atoms with Crippen LogP contribution in [0.15, 0.2) is 24.5 Å². The predicted molar refractivity (Wildman–Crippen MR) is 93.7 cm³/mol. The van der Waals surface area contributed by atoms with Crippen LogP contribution >= 0.6 is 11.6 Å². The first-order valence-electron chi connectivity index (χ1n) is 7.95. The SMILES string of the molecule is CCCCCCCNc1ncnc2c1[nH]c1ccc(Cl)cc12. The molecule has 0 amide bonds. The second-order valence-electron chi connectivity index (χ2n) is 5.60. The minimum absolute atomic E-state index is 0.720. The summed E-state index contributed by atoms with van der Waals surface area (Å²) in [6.07, 6.45) is 7.94. The van der Waals surface area contributed by atoms with Gasteiger partial charge in [0, 0.05) is 22.5 Å². The van der Waals surface area contributed by atoms with Crippen LogP contribution in [0.2, 0.25) is 5.02 Å². The molecule has 0 bridgehead atoms. The molecule has 1 aromatic carbocycles. The van der Waals surface area contributed by atoms with Crippen molar-refractivity contribution in [1.29, 1.82) is 0 Å². The first-order valence-corrected chi connectivity index (χ1v) is 8.33. The number of halogens is 1. The Hall–Kier alpha value is -1.81. The molecular weight excluding hydrogens is 296 g/mol. The quantitative estimate of drug-likeness (QED) is 0.593. The second kappa shape index (κ2) is 6.97. The van der Waals surface area contributed by atoms with Crippen LogP contribution in [0.1, 0.15) is 39.0 Å². The van der Waals surface area contributed by atoms with Gasteiger partial charge in [-0.05, 0) is 24.6 Å². The van der Waals surface area contributed by atoms with E-state index in [9.17, 15) is 0 Å². The summed E-state index contributed by atoms with van der Waals surface area (Å²) in [5, 5.41) is 5.18. The molecule has 0 atom stereocenters. The summed E-state index contributed by atoms with van der Waals surface area (Å²) in [5.74, 6) is 0.868. The Morgan fingerprint density at radius 1 is 1.14 bits per heavy atom. The highest BCUT2D eigenvalue weighted by Gasteiger charge is 2.10. The van der Waals surface area contributed by atoms with Gasteiger partial charge in [-0.1, -0.05) is 44.2 Å². The van der Waals surface area contributed by atoms with Crippen LogP contribution in [0.5, 0.6) is 0 Å². The molecule has 5 heteroatoms. The molecule has 3 rings (SSSR count). The van der Waals surface area contributed by atoms with Gasteiger partial charge in [-0.25, -0.2) is 9.97 Å². The average molecular weight is 317 g/mol. The van der Waals surface area contributed by atoms with Crippen molar-refractivity contribution in [2.24, 2.45) is 0 Å². The molecule has 0 aliphatic carbocycles. The Bertz CT molecular complexity index is 766. The van der Waals surface area contributed by atoms with Gasteiger partial charge in [0.25, 0.3) is 0 Å². The molecule has 2 heterocycles. The van der Waals surface area contributed by atoms with Crippen molar-refractivity contribution >= 4 is 39.4 Å². The predicted octanol–water partition coefficient (Wildman–Crippen LogP) is 5.15. The minimum atomic E-state index is 0.720. The number of H-pyrrole nitrogens is 1. The second-order valence-corrected chi connectivity index (χ2v) is 6.04. The molecule has 4 nitrogen and oxygen atoms in total. The van der Waals surface area contributed by atoms with Crippen molar-refractivity contribution in [3.8, 4) is 0 Å². The third kappa shape index (κ3) is 3.17. The fourth-order valence-electron chi connectivity index (χ4n) is 2.73. The zero-order valence-corrected chi connectivity index (χ0v) is 13.6. The number of aromatic nitrogens is 3. The van der Waals surface area contributed by atoms with E-state index >= 15 is 0 Å². The maximum absolute atomic E-state index is 6.09. The molecule has 116 valence electrons. The summed E-state index contributed by atoms with van der Waals surface area (Å²) in [4.78, 5) is 12.2. The van der Waals surface area contributed by atoms with Crippen LogP contribution in [0.3, 0.4) is 0 Å². The number of nitrogens with one attached hydrogen (secondary N) is 2. The molecule has 22 heavy (non-hydrogen) atoms. The number of anilines is 1. The summed E-state index contributed by atoms with van der Waals surface area (Å²) in [5.41, 5.74) is 2.90. The number of fused-ring (bicyclic) bond motifs is 3. The van der Waals surface area contributed by atoms with E-state index in [1.165, 1.54) is 25.7 Å². The Balaban J connectivity index is 1.77. The number of unbranched alkanes of at least 4 members (excludes halogenated alkanes) is 4. The summed E-state index contributed by atoms with van der Waals surface area (Å²) in [7, 11) is 0. The van der Waals surface area contributed by atoms with Crippen LogP contribution in [-0.2, 0) is 0 Å². The maximum atomic E-state index is 6.09. The van der Waals surface area contributed by atoms with Crippen molar-refractivity contribution in [3.63, 3.8) is 0 Å². The Morgan fingerprint density at radius 2 is 2.00 bits per heavy atom. The fraction of sp³-hybridized carbons (Fsp3) is 0.412. The number of hydrogen-bond acceptors (Lipinski definition) is 3. The first-order chi connectivity index (χ1) is 10.8. The van der Waals surface area contributed by atoms with Gasteiger partial charge >= 0.3 is 0 Å². The lowest BCUT2D eigenvalue weighted by Crippen LogP contribution is -2.04. The van der Waals surface area contributed by atoms with Crippen LogP contribution < -0.4 is 5.32 Å². The molecule has 0 aliphatic rings. The van der Waals surface area contributed by atoms with E-state index < -0.39 is 0 Å². The van der Waals surface area contributed by atoms with Gasteiger partial charge < -0.3 is 10.3 Å². The smallest absolute Gasteiger partial charge is 0.153 e. The molecule has 0 saturated heterocycles. The molecule has 0 spiro atoms. The standard InChI is InChI=1S/C17H21ClN4/c1-2-3-4-5-6-9-19-17-16-15(20-11-21-17)13-10-12(18)7-8-14(13)22-16/h7-8,10-11,22H,2-6,9H2,1H3,(H,19,20,21). The zero-order chi connectivity index (χ0) is 15.4. The van der Waals surface area contributed by atoms with Crippen LogP contribution in [-0.4, -0.2) is 21.5 Å². The lowest BCUT2D eigenvalue weighted by molar-refractivity contribution is 0.645. The molecule has 0 radical (unpaired) electrons. The van der Waals surface area contributed by atoms with E-state index in [2.05, 4.69) is 27.2 Å². The van der Waals surface area contributed by atoms with Gasteiger partial charge in [0.05, 0.1) is 0 Å². The molecular formula is C17H21ClN4. The fourth-order valence-corrected chi connectivity index (χ4v) is 2.91. The topological polar surface area (TPSA) is 53.6 Å². The monoisotopic (exact) mass is 316 g/mol. The van der Waals surface area contributed by atoms with Crippen molar-refractivity contribution in [2.75, 3.05) is 11.9 Å². The average Bonchev–Trinajstić information content (AvgIpc) is 2.89. The lowest BCUT2D eigenvalue weighted by Gasteiger charge is -2.06. The maximum Gasteiger partial charge on any atom is 0.153 e. The Kier molecular flexibility index (Phi) is 4.78. The first kappa shape index (κ1) is 15.1. The molecule has 0 fully saturated rings. The molecule has 0 unspecified atom stereocenters. The third-order valence-electron chi connectivity index (χ3n) is 3.92. The van der Waals surface area contributed by atoms with E-state index in [0.29, 0.717) is 0 Å². The van der Waals surface area contributed by atoms with Gasteiger partial charge in [0.2, 0.25) is 0 Å². The van der Waals surface area contributed by atoms with Crippen molar-refractivity contribution in [1.82, 2.24) is 15.0 Å². The van der Waals surface area contributed by atoms with Crippen LogP contribution in [0.25, 0.3) is 21.9 Å². The summed E-state index contributed by atoms with van der Waals surface area (Å²) >= 11 is 6.09. The summed E-state index contributed by atoms with van der Waals surface area (Å²) < 4.78 is 0. The molecule has 3 aromatic rings. The molecule has 2 N–H and O–H groups in total. The van der Waals surface area contributed by atoms with Gasteiger partial charge in [-0.3, -0.25) is 0 Å². The number of benzene rings is 1. The van der Waals surface area contributed by atoms with Gasteiger partial charge in [-0.15, -0.1) is 0 Å².